The maximum absolute atomic E-state index is 13.5. The molecule has 1 saturated heterocycles. The molecule has 6 aliphatic rings. The van der Waals surface area contributed by atoms with E-state index in [0.29, 0.717) is 30.4 Å². The molecule has 0 spiro atoms. The molecule has 1 amide bonds. The van der Waals surface area contributed by atoms with E-state index in [0.717, 1.165) is 18.8 Å². The van der Waals surface area contributed by atoms with Crippen molar-refractivity contribution in [1.82, 2.24) is 9.88 Å². The zero-order valence-corrected chi connectivity index (χ0v) is 18.5. The Hall–Kier alpha value is -1.46. The van der Waals surface area contributed by atoms with E-state index in [-0.39, 0.29) is 22.3 Å². The van der Waals surface area contributed by atoms with E-state index < -0.39 is 0 Å². The van der Waals surface area contributed by atoms with Crippen molar-refractivity contribution in [1.29, 1.82) is 0 Å². The second-order valence-corrected chi connectivity index (χ2v) is 11.6. The minimum absolute atomic E-state index is 0.0597. The molecule has 0 aromatic carbocycles. The molecule has 162 valence electrons. The monoisotopic (exact) mass is 410 g/mol. The molecule has 5 saturated carbocycles. The summed E-state index contributed by atoms with van der Waals surface area (Å²) in [6.45, 7) is 5.05. The van der Waals surface area contributed by atoms with Crippen LogP contribution in [0.4, 0.5) is 0 Å². The van der Waals surface area contributed by atoms with Gasteiger partial charge in [0.15, 0.2) is 0 Å². The molecule has 1 aliphatic heterocycles. The van der Waals surface area contributed by atoms with Crippen LogP contribution in [0.1, 0.15) is 64.5 Å². The number of amides is 1. The van der Waals surface area contributed by atoms with Crippen molar-refractivity contribution in [2.75, 3.05) is 13.7 Å². The summed E-state index contributed by atoms with van der Waals surface area (Å²) in [6.07, 6.45) is 10.4. The van der Waals surface area contributed by atoms with Crippen LogP contribution < -0.4 is 0 Å². The third-order valence-corrected chi connectivity index (χ3v) is 9.39. The fourth-order valence-corrected chi connectivity index (χ4v) is 8.56. The van der Waals surface area contributed by atoms with Gasteiger partial charge in [0.1, 0.15) is 0 Å². The molecule has 3 atom stereocenters. The lowest BCUT2D eigenvalue weighted by Crippen LogP contribution is -2.77. The van der Waals surface area contributed by atoms with Crippen LogP contribution in [0.3, 0.4) is 0 Å². The molecule has 5 nitrogen and oxygen atoms in total. The molecule has 30 heavy (non-hydrogen) atoms. The number of nitrogens with zero attached hydrogens (tertiary/aromatic N) is 2. The van der Waals surface area contributed by atoms with E-state index >= 15 is 0 Å². The summed E-state index contributed by atoms with van der Waals surface area (Å²) < 4.78 is 0. The Morgan fingerprint density at radius 2 is 1.87 bits per heavy atom. The number of hydrogen-bond acceptors (Lipinski definition) is 4. The number of rotatable bonds is 6. The summed E-state index contributed by atoms with van der Waals surface area (Å²) >= 11 is 0. The summed E-state index contributed by atoms with van der Waals surface area (Å²) in [6, 6.07) is 6.96. The number of aromatic nitrogens is 1. The second kappa shape index (κ2) is 6.29. The largest absolute Gasteiger partial charge is 0.334 e. The summed E-state index contributed by atoms with van der Waals surface area (Å²) in [4.78, 5) is 31.1. The van der Waals surface area contributed by atoms with Gasteiger partial charge in [-0.25, -0.2) is 9.78 Å². The van der Waals surface area contributed by atoms with Crippen molar-refractivity contribution in [2.45, 2.75) is 76.3 Å². The Balaban J connectivity index is 1.32. The van der Waals surface area contributed by atoms with E-state index in [9.17, 15) is 4.79 Å². The molecule has 2 heterocycles. The van der Waals surface area contributed by atoms with E-state index in [1.165, 1.54) is 37.8 Å². The molecule has 0 N–H and O–H groups in total. The third kappa shape index (κ3) is 2.48. The van der Waals surface area contributed by atoms with Gasteiger partial charge in [-0.3, -0.25) is 9.78 Å². The Labute approximate surface area is 179 Å². The lowest BCUT2D eigenvalue weighted by molar-refractivity contribution is -0.304. The van der Waals surface area contributed by atoms with Crippen LogP contribution in [0, 0.1) is 28.6 Å². The maximum Gasteiger partial charge on any atom is 0.230 e. The van der Waals surface area contributed by atoms with Crippen LogP contribution in [0.15, 0.2) is 24.4 Å². The van der Waals surface area contributed by atoms with Crippen molar-refractivity contribution >= 4 is 5.91 Å². The Morgan fingerprint density at radius 1 is 1.13 bits per heavy atom. The normalized spacial score (nSPS) is 42.3. The fourth-order valence-electron chi connectivity index (χ4n) is 8.56. The van der Waals surface area contributed by atoms with Gasteiger partial charge in [-0.05, 0) is 94.1 Å². The van der Waals surface area contributed by atoms with Crippen LogP contribution >= 0.6 is 0 Å². The zero-order valence-electron chi connectivity index (χ0n) is 18.5. The maximum atomic E-state index is 13.5. The van der Waals surface area contributed by atoms with E-state index in [2.05, 4.69) is 30.9 Å². The standard InChI is InChI=1S/C25H34N2O3/c1-23(2)21(25(7-8-25)19-6-4-5-9-26-19)27(22(23)28)20-17-10-16-11-18(20)14-24(12-16,13-17)15-30-29-3/h4-6,9,16-18,20-21H,7-8,10-15H2,1-3H3/t16?,17?,18?,20-,21?,24-. The number of pyridine rings is 1. The van der Waals surface area contributed by atoms with Gasteiger partial charge in [0.2, 0.25) is 5.91 Å². The summed E-state index contributed by atoms with van der Waals surface area (Å²) in [5.74, 6) is 2.39. The molecule has 1 aromatic heterocycles. The molecule has 5 heteroatoms. The van der Waals surface area contributed by atoms with E-state index in [1.54, 1.807) is 7.11 Å². The fraction of sp³-hybridized carbons (Fsp3) is 0.760. The van der Waals surface area contributed by atoms with Crippen molar-refractivity contribution in [2.24, 2.45) is 28.6 Å². The first-order valence-electron chi connectivity index (χ1n) is 11.8. The van der Waals surface area contributed by atoms with Crippen LogP contribution in [-0.2, 0) is 20.0 Å². The molecule has 0 radical (unpaired) electrons. The predicted octanol–water partition coefficient (Wildman–Crippen LogP) is 4.12. The highest BCUT2D eigenvalue weighted by molar-refractivity contribution is 5.91. The topological polar surface area (TPSA) is 51.7 Å². The van der Waals surface area contributed by atoms with Crippen LogP contribution in [-0.4, -0.2) is 41.6 Å². The number of β-lactam (4-membered cyclic amide) rings is 1. The van der Waals surface area contributed by atoms with Gasteiger partial charge < -0.3 is 4.90 Å². The molecule has 7 rings (SSSR count). The van der Waals surface area contributed by atoms with Gasteiger partial charge in [0.25, 0.3) is 0 Å². The molecular formula is C25H34N2O3. The summed E-state index contributed by atoms with van der Waals surface area (Å²) in [7, 11) is 1.61. The smallest absolute Gasteiger partial charge is 0.230 e. The zero-order chi connectivity index (χ0) is 20.7. The summed E-state index contributed by atoms with van der Waals surface area (Å²) in [5.41, 5.74) is 1.22. The van der Waals surface area contributed by atoms with Gasteiger partial charge in [-0.2, -0.15) is 0 Å². The van der Waals surface area contributed by atoms with Crippen molar-refractivity contribution < 1.29 is 14.6 Å². The number of likely N-dealkylation sites (tertiary alicyclic amines) is 1. The lowest BCUT2D eigenvalue weighted by Gasteiger charge is -2.68. The lowest BCUT2D eigenvalue weighted by atomic mass is 9.47. The quantitative estimate of drug-likeness (QED) is 0.402. The number of carbonyl (C=O) groups is 1. The first kappa shape index (κ1) is 19.2. The highest BCUT2D eigenvalue weighted by Gasteiger charge is 2.71. The SMILES string of the molecule is COOC[C@]12CC3CC(C1)[C@@H](N1C(=O)C(C)(C)C1C1(c4ccccn4)CC1)C(C3)C2. The van der Waals surface area contributed by atoms with Gasteiger partial charge in [-0.15, -0.1) is 0 Å². The minimum Gasteiger partial charge on any atom is -0.334 e. The molecule has 6 fully saturated rings. The van der Waals surface area contributed by atoms with Gasteiger partial charge >= 0.3 is 0 Å². The third-order valence-electron chi connectivity index (χ3n) is 9.39. The van der Waals surface area contributed by atoms with Gasteiger partial charge in [0.05, 0.1) is 25.2 Å². The molecule has 3 unspecified atom stereocenters. The average Bonchev–Trinajstić information content (AvgIpc) is 3.52. The number of carbonyl (C=O) groups excluding carboxylic acids is 1. The Bertz CT molecular complexity index is 833. The van der Waals surface area contributed by atoms with E-state index in [1.807, 2.05) is 12.3 Å². The molecule has 4 bridgehead atoms. The minimum atomic E-state index is -0.292. The molecule has 5 aliphatic carbocycles. The highest BCUT2D eigenvalue weighted by atomic mass is 17.2. The van der Waals surface area contributed by atoms with Crippen molar-refractivity contribution in [3.8, 4) is 0 Å². The van der Waals surface area contributed by atoms with Crippen molar-refractivity contribution in [3.63, 3.8) is 0 Å². The molecular weight excluding hydrogens is 376 g/mol. The van der Waals surface area contributed by atoms with E-state index in [4.69, 9.17) is 14.8 Å². The Kier molecular flexibility index (Phi) is 4.03. The summed E-state index contributed by atoms with van der Waals surface area (Å²) in [5, 5.41) is 0. The first-order chi connectivity index (χ1) is 14.4. The van der Waals surface area contributed by atoms with Gasteiger partial charge in [-0.1, -0.05) is 6.07 Å². The van der Waals surface area contributed by atoms with Crippen molar-refractivity contribution in [3.05, 3.63) is 30.1 Å². The van der Waals surface area contributed by atoms with Crippen LogP contribution in [0.5, 0.6) is 0 Å². The van der Waals surface area contributed by atoms with Crippen LogP contribution in [0.2, 0.25) is 0 Å². The molecule has 1 aromatic rings. The second-order valence-electron chi connectivity index (χ2n) is 11.6. The number of hydrogen-bond donors (Lipinski definition) is 0. The highest BCUT2D eigenvalue weighted by Crippen LogP contribution is 2.66. The first-order valence-corrected chi connectivity index (χ1v) is 11.8. The predicted molar refractivity (Wildman–Crippen MR) is 112 cm³/mol. The van der Waals surface area contributed by atoms with Crippen LogP contribution in [0.25, 0.3) is 0 Å². The van der Waals surface area contributed by atoms with Gasteiger partial charge in [0, 0.05) is 23.3 Å². The Morgan fingerprint density at radius 3 is 2.47 bits per heavy atom. The average molecular weight is 411 g/mol.